The molecule has 1 N–H and O–H groups in total. The molecule has 1 heterocycles. The number of ether oxygens (including phenoxy) is 1. The zero-order chi connectivity index (χ0) is 7.07. The van der Waals surface area contributed by atoms with E-state index in [4.69, 9.17) is 4.55 Å². The van der Waals surface area contributed by atoms with Gasteiger partial charge < -0.3 is 4.74 Å². The molecule has 0 aromatic carbocycles. The van der Waals surface area contributed by atoms with Crippen molar-refractivity contribution in [2.45, 2.75) is 11.9 Å². The fourth-order valence-electron chi connectivity index (χ4n) is 0.439. The van der Waals surface area contributed by atoms with Crippen molar-refractivity contribution in [1.82, 2.24) is 0 Å². The first kappa shape index (κ1) is 6.50. The van der Waals surface area contributed by atoms with Gasteiger partial charge in [0.25, 0.3) is 0 Å². The van der Waals surface area contributed by atoms with Gasteiger partial charge in [0.15, 0.2) is 0 Å². The van der Waals surface area contributed by atoms with Crippen LogP contribution in [0.5, 0.6) is 0 Å². The second-order valence-electron chi connectivity index (χ2n) is 1.64. The molecule has 5 nitrogen and oxygen atoms in total. The summed E-state index contributed by atoms with van der Waals surface area (Å²) in [6.07, 6.45) is -0.237. The first-order valence-corrected chi connectivity index (χ1v) is 3.66. The van der Waals surface area contributed by atoms with Crippen LogP contribution in [0.2, 0.25) is 0 Å². The van der Waals surface area contributed by atoms with Gasteiger partial charge in [0, 0.05) is 0 Å². The Kier molecular flexibility index (Phi) is 1.21. The Balaban J connectivity index is 2.61. The number of carbonyl (C=O) groups is 1. The van der Waals surface area contributed by atoms with Crippen LogP contribution in [0.4, 0.5) is 0 Å². The number of cyclic esters (lactones) is 1. The third-order valence-corrected chi connectivity index (χ3v) is 1.86. The van der Waals surface area contributed by atoms with Gasteiger partial charge in [-0.15, -0.1) is 0 Å². The lowest BCUT2D eigenvalue weighted by molar-refractivity contribution is -0.161. The predicted octanol–water partition coefficient (Wildman–Crippen LogP) is -0.853. The molecule has 0 aromatic rings. The van der Waals surface area contributed by atoms with Crippen LogP contribution in [0.15, 0.2) is 0 Å². The predicted molar refractivity (Wildman–Crippen MR) is 26.0 cm³/mol. The summed E-state index contributed by atoms with van der Waals surface area (Å²) in [6, 6.07) is 0. The average Bonchev–Trinajstić information content (AvgIpc) is 1.55. The van der Waals surface area contributed by atoms with E-state index in [1.165, 1.54) is 0 Å². The highest BCUT2D eigenvalue weighted by atomic mass is 32.2. The highest BCUT2D eigenvalue weighted by Gasteiger charge is 2.38. The van der Waals surface area contributed by atoms with Gasteiger partial charge in [-0.05, 0) is 0 Å². The maximum atomic E-state index is 10.0. The van der Waals surface area contributed by atoms with Gasteiger partial charge in [-0.25, -0.2) is 0 Å². The maximum absolute atomic E-state index is 10.0. The van der Waals surface area contributed by atoms with E-state index in [0.717, 1.165) is 0 Å². The molecule has 52 valence electrons. The van der Waals surface area contributed by atoms with Crippen LogP contribution in [0.25, 0.3) is 0 Å². The normalized spacial score (nSPS) is 26.8. The van der Waals surface area contributed by atoms with Crippen LogP contribution in [0.3, 0.4) is 0 Å². The van der Waals surface area contributed by atoms with E-state index in [-0.39, 0.29) is 6.42 Å². The molecule has 1 atom stereocenters. The SMILES string of the molecule is O=C1CC(S(=O)(=O)O)O1. The minimum atomic E-state index is -4.14. The maximum Gasteiger partial charge on any atom is 0.312 e. The third-order valence-electron chi connectivity index (χ3n) is 0.928. The van der Waals surface area contributed by atoms with Crippen molar-refractivity contribution >= 4 is 16.1 Å². The van der Waals surface area contributed by atoms with Crippen LogP contribution in [-0.2, 0) is 19.6 Å². The summed E-state index contributed by atoms with van der Waals surface area (Å²) in [7, 11) is -4.14. The summed E-state index contributed by atoms with van der Waals surface area (Å²) in [5, 5.41) is 0. The van der Waals surface area contributed by atoms with Crippen LogP contribution in [0, 0.1) is 0 Å². The molecule has 0 aromatic heterocycles. The molecule has 1 rings (SSSR count). The van der Waals surface area contributed by atoms with E-state index >= 15 is 0 Å². The third kappa shape index (κ3) is 1.19. The molecule has 1 aliphatic rings. The minimum Gasteiger partial charge on any atom is -0.443 e. The lowest BCUT2D eigenvalue weighted by atomic mass is 10.4. The zero-order valence-corrected chi connectivity index (χ0v) is 5.09. The number of esters is 1. The highest BCUT2D eigenvalue weighted by Crippen LogP contribution is 2.17. The smallest absolute Gasteiger partial charge is 0.312 e. The summed E-state index contributed by atoms with van der Waals surface area (Å²) in [5.41, 5.74) is -1.31. The minimum absolute atomic E-state index is 0.237. The highest BCUT2D eigenvalue weighted by molar-refractivity contribution is 7.86. The topological polar surface area (TPSA) is 80.7 Å². The second-order valence-corrected chi connectivity index (χ2v) is 3.19. The van der Waals surface area contributed by atoms with Crippen LogP contribution in [-0.4, -0.2) is 24.4 Å². The summed E-state index contributed by atoms with van der Waals surface area (Å²) in [4.78, 5) is 9.96. The van der Waals surface area contributed by atoms with Crippen molar-refractivity contribution in [2.24, 2.45) is 0 Å². The van der Waals surface area contributed by atoms with Crippen LogP contribution in [0.1, 0.15) is 6.42 Å². The first-order chi connectivity index (χ1) is 4.00. The molecule has 1 aliphatic heterocycles. The average molecular weight is 152 g/mol. The number of hydrogen-bond donors (Lipinski definition) is 1. The van der Waals surface area contributed by atoms with E-state index in [9.17, 15) is 13.2 Å². The summed E-state index contributed by atoms with van der Waals surface area (Å²) in [6.45, 7) is 0. The Labute approximate surface area is 51.4 Å². The summed E-state index contributed by atoms with van der Waals surface area (Å²) < 4.78 is 32.3. The molecule has 1 fully saturated rings. The molecule has 9 heavy (non-hydrogen) atoms. The molecular weight excluding hydrogens is 148 g/mol. The van der Waals surface area contributed by atoms with Crippen molar-refractivity contribution < 1.29 is 22.5 Å². The molecule has 0 aliphatic carbocycles. The lowest BCUT2D eigenvalue weighted by Gasteiger charge is -2.21. The first-order valence-electron chi connectivity index (χ1n) is 2.16. The molecule has 6 heteroatoms. The van der Waals surface area contributed by atoms with E-state index in [0.29, 0.717) is 0 Å². The zero-order valence-electron chi connectivity index (χ0n) is 4.27. The Morgan fingerprint density at radius 2 is 2.11 bits per heavy atom. The van der Waals surface area contributed by atoms with Crippen LogP contribution < -0.4 is 0 Å². The standard InChI is InChI=1S/C3H4O5S/c4-2-1-3(8-2)9(5,6)7/h3H,1H2,(H,5,6,7). The van der Waals surface area contributed by atoms with E-state index < -0.39 is 21.5 Å². The van der Waals surface area contributed by atoms with Crippen molar-refractivity contribution in [3.63, 3.8) is 0 Å². The Bertz CT molecular complexity index is 219. The largest absolute Gasteiger partial charge is 0.443 e. The second kappa shape index (κ2) is 1.68. The van der Waals surface area contributed by atoms with E-state index in [1.807, 2.05) is 0 Å². The quantitative estimate of drug-likeness (QED) is 0.391. The van der Waals surface area contributed by atoms with Gasteiger partial charge in [-0.3, -0.25) is 9.35 Å². The van der Waals surface area contributed by atoms with Gasteiger partial charge in [0.05, 0.1) is 6.42 Å². The van der Waals surface area contributed by atoms with Crippen molar-refractivity contribution in [3.05, 3.63) is 0 Å². The Morgan fingerprint density at radius 3 is 2.22 bits per heavy atom. The van der Waals surface area contributed by atoms with Crippen molar-refractivity contribution in [1.29, 1.82) is 0 Å². The Hall–Kier alpha value is -0.620. The van der Waals surface area contributed by atoms with E-state index in [2.05, 4.69) is 4.74 Å². The molecular formula is C3H4O5S. The summed E-state index contributed by atoms with van der Waals surface area (Å²) in [5.74, 6) is -0.599. The van der Waals surface area contributed by atoms with Gasteiger partial charge >= 0.3 is 16.1 Å². The van der Waals surface area contributed by atoms with Gasteiger partial charge in [0.1, 0.15) is 0 Å². The molecule has 1 saturated heterocycles. The molecule has 0 saturated carbocycles. The van der Waals surface area contributed by atoms with Gasteiger partial charge in [-0.1, -0.05) is 0 Å². The molecule has 0 radical (unpaired) electrons. The lowest BCUT2D eigenvalue weighted by Crippen LogP contribution is -2.38. The van der Waals surface area contributed by atoms with Gasteiger partial charge in [-0.2, -0.15) is 8.42 Å². The van der Waals surface area contributed by atoms with Crippen LogP contribution >= 0.6 is 0 Å². The molecule has 1 unspecified atom stereocenters. The Morgan fingerprint density at radius 1 is 1.67 bits per heavy atom. The molecule has 0 amide bonds. The number of rotatable bonds is 1. The number of hydrogen-bond acceptors (Lipinski definition) is 4. The van der Waals surface area contributed by atoms with E-state index in [1.54, 1.807) is 0 Å². The fraction of sp³-hybridized carbons (Fsp3) is 0.667. The molecule has 0 bridgehead atoms. The number of carbonyl (C=O) groups excluding carboxylic acids is 1. The summed E-state index contributed by atoms with van der Waals surface area (Å²) >= 11 is 0. The molecule has 0 spiro atoms. The van der Waals surface area contributed by atoms with Crippen molar-refractivity contribution in [2.75, 3.05) is 0 Å². The van der Waals surface area contributed by atoms with Gasteiger partial charge in [0.2, 0.25) is 5.44 Å². The fourth-order valence-corrected chi connectivity index (χ4v) is 1.01. The monoisotopic (exact) mass is 152 g/mol. The van der Waals surface area contributed by atoms with Crippen molar-refractivity contribution in [3.8, 4) is 0 Å².